The van der Waals surface area contributed by atoms with Crippen molar-refractivity contribution in [2.45, 2.75) is 63.4 Å². The molecule has 5 heteroatoms. The molecule has 112 valence electrons. The van der Waals surface area contributed by atoms with Gasteiger partial charge in [0.1, 0.15) is 5.60 Å². The van der Waals surface area contributed by atoms with Crippen molar-refractivity contribution in [2.24, 2.45) is 0 Å². The zero-order valence-electron chi connectivity index (χ0n) is 12.3. The third-order valence-corrected chi connectivity index (χ3v) is 4.37. The summed E-state index contributed by atoms with van der Waals surface area (Å²) in [6, 6.07) is 0. The Morgan fingerprint density at radius 3 is 2.85 bits per heavy atom. The smallest absolute Gasteiger partial charge is 0.232 e. The van der Waals surface area contributed by atoms with Crippen LogP contribution in [0.4, 0.5) is 0 Å². The van der Waals surface area contributed by atoms with Gasteiger partial charge in [0.2, 0.25) is 11.7 Å². The van der Waals surface area contributed by atoms with E-state index >= 15 is 0 Å². The number of nitrogens with zero attached hydrogens (tertiary/aromatic N) is 2. The third kappa shape index (κ3) is 2.74. The first-order chi connectivity index (χ1) is 9.84. The predicted molar refractivity (Wildman–Crippen MR) is 73.5 cm³/mol. The van der Waals surface area contributed by atoms with Gasteiger partial charge >= 0.3 is 0 Å². The van der Waals surface area contributed by atoms with Gasteiger partial charge in [-0.2, -0.15) is 4.98 Å². The number of ether oxygens (including phenoxy) is 2. The van der Waals surface area contributed by atoms with Gasteiger partial charge in [-0.05, 0) is 25.7 Å². The van der Waals surface area contributed by atoms with Crippen molar-refractivity contribution >= 4 is 0 Å². The molecule has 0 unspecified atom stereocenters. The molecule has 0 N–H and O–H groups in total. The van der Waals surface area contributed by atoms with Gasteiger partial charge in [-0.1, -0.05) is 31.3 Å². The van der Waals surface area contributed by atoms with Gasteiger partial charge in [-0.3, -0.25) is 0 Å². The quantitative estimate of drug-likeness (QED) is 0.829. The first-order valence-electron chi connectivity index (χ1n) is 7.90. The lowest BCUT2D eigenvalue weighted by atomic mass is 9.84. The van der Waals surface area contributed by atoms with Crippen molar-refractivity contribution in [3.05, 3.63) is 11.7 Å². The summed E-state index contributed by atoms with van der Waals surface area (Å²) in [5.74, 6) is 1.75. The number of aromatic nitrogens is 2. The Labute approximate surface area is 120 Å². The largest absolute Gasteiger partial charge is 0.381 e. The Morgan fingerprint density at radius 2 is 2.15 bits per heavy atom. The Balaban J connectivity index is 1.79. The lowest BCUT2D eigenvalue weighted by molar-refractivity contribution is -0.0829. The second-order valence-electron chi connectivity index (χ2n) is 5.92. The minimum Gasteiger partial charge on any atom is -0.381 e. The molecule has 1 saturated heterocycles. The third-order valence-electron chi connectivity index (χ3n) is 4.37. The van der Waals surface area contributed by atoms with Gasteiger partial charge in [-0.25, -0.2) is 0 Å². The van der Waals surface area contributed by atoms with Crippen LogP contribution in [0.3, 0.4) is 0 Å². The van der Waals surface area contributed by atoms with Gasteiger partial charge in [0.05, 0.1) is 12.5 Å². The molecule has 5 nitrogen and oxygen atoms in total. The number of rotatable bonds is 5. The van der Waals surface area contributed by atoms with E-state index in [1.807, 2.05) is 0 Å². The first kappa shape index (κ1) is 14.0. The second-order valence-corrected chi connectivity index (χ2v) is 5.92. The summed E-state index contributed by atoms with van der Waals surface area (Å²) in [6.07, 6.45) is 7.65. The Hall–Kier alpha value is -0.940. The van der Waals surface area contributed by atoms with Crippen LogP contribution in [0.25, 0.3) is 0 Å². The molecule has 1 aliphatic carbocycles. The molecule has 1 aromatic heterocycles. The Bertz CT molecular complexity index is 421. The van der Waals surface area contributed by atoms with E-state index in [2.05, 4.69) is 17.1 Å². The molecule has 1 saturated carbocycles. The summed E-state index contributed by atoms with van der Waals surface area (Å²) in [4.78, 5) is 4.66. The van der Waals surface area contributed by atoms with Crippen molar-refractivity contribution in [2.75, 3.05) is 19.8 Å². The molecule has 2 fully saturated rings. The minimum atomic E-state index is -0.310. The lowest BCUT2D eigenvalue weighted by Gasteiger charge is -2.34. The molecule has 0 bridgehead atoms. The summed E-state index contributed by atoms with van der Waals surface area (Å²) in [5, 5.41) is 4.24. The molecular weight excluding hydrogens is 256 g/mol. The number of hydrogen-bond acceptors (Lipinski definition) is 5. The maximum Gasteiger partial charge on any atom is 0.232 e. The van der Waals surface area contributed by atoms with Crippen molar-refractivity contribution in [3.63, 3.8) is 0 Å². The normalized spacial score (nSPS) is 25.9. The summed E-state index contributed by atoms with van der Waals surface area (Å²) >= 11 is 0. The molecule has 2 heterocycles. The topological polar surface area (TPSA) is 57.4 Å². The van der Waals surface area contributed by atoms with Crippen LogP contribution in [0.5, 0.6) is 0 Å². The Morgan fingerprint density at radius 1 is 1.30 bits per heavy atom. The standard InChI is InChI=1S/C15H24N2O3/c1-2-9-19-15(7-4-3-5-8-15)14-16-13(20-17-14)12-6-10-18-11-12/h12H,2-11H2,1H3/t12-/m0/s1. The van der Waals surface area contributed by atoms with E-state index < -0.39 is 0 Å². The van der Waals surface area contributed by atoms with Gasteiger partial charge in [0, 0.05) is 13.2 Å². The fourth-order valence-electron chi connectivity index (χ4n) is 3.17. The van der Waals surface area contributed by atoms with Crippen LogP contribution in [0, 0.1) is 0 Å². The molecule has 1 aliphatic heterocycles. The minimum absolute atomic E-state index is 0.267. The molecule has 0 aromatic carbocycles. The van der Waals surface area contributed by atoms with Crippen LogP contribution in [0.1, 0.15) is 69.5 Å². The molecule has 0 amide bonds. The highest BCUT2D eigenvalue weighted by molar-refractivity contribution is 5.06. The van der Waals surface area contributed by atoms with Crippen LogP contribution in [0.2, 0.25) is 0 Å². The highest BCUT2D eigenvalue weighted by Crippen LogP contribution is 2.40. The van der Waals surface area contributed by atoms with Crippen LogP contribution >= 0.6 is 0 Å². The molecule has 2 aliphatic rings. The molecule has 3 rings (SSSR count). The molecule has 1 atom stereocenters. The van der Waals surface area contributed by atoms with Crippen molar-refractivity contribution in [3.8, 4) is 0 Å². The van der Waals surface area contributed by atoms with E-state index in [1.54, 1.807) is 0 Å². The summed E-state index contributed by atoms with van der Waals surface area (Å²) in [7, 11) is 0. The highest BCUT2D eigenvalue weighted by Gasteiger charge is 2.40. The maximum absolute atomic E-state index is 6.17. The van der Waals surface area contributed by atoms with Crippen molar-refractivity contribution < 1.29 is 14.0 Å². The Kier molecular flexibility index (Phi) is 4.36. The molecule has 20 heavy (non-hydrogen) atoms. The summed E-state index contributed by atoms with van der Waals surface area (Å²) < 4.78 is 17.0. The van der Waals surface area contributed by atoms with E-state index in [0.717, 1.165) is 50.6 Å². The van der Waals surface area contributed by atoms with Crippen LogP contribution in [-0.4, -0.2) is 30.0 Å². The lowest BCUT2D eigenvalue weighted by Crippen LogP contribution is -2.34. The maximum atomic E-state index is 6.17. The molecule has 0 radical (unpaired) electrons. The highest BCUT2D eigenvalue weighted by atomic mass is 16.5. The fraction of sp³-hybridized carbons (Fsp3) is 0.867. The van der Waals surface area contributed by atoms with Crippen molar-refractivity contribution in [1.82, 2.24) is 10.1 Å². The summed E-state index contributed by atoms with van der Waals surface area (Å²) in [5.41, 5.74) is -0.310. The number of hydrogen-bond donors (Lipinski definition) is 0. The molecule has 0 spiro atoms. The van der Waals surface area contributed by atoms with E-state index in [4.69, 9.17) is 14.0 Å². The van der Waals surface area contributed by atoms with Gasteiger partial charge in [-0.15, -0.1) is 0 Å². The van der Waals surface area contributed by atoms with Gasteiger partial charge < -0.3 is 14.0 Å². The van der Waals surface area contributed by atoms with Gasteiger partial charge in [0.15, 0.2) is 0 Å². The molecule has 1 aromatic rings. The second kappa shape index (κ2) is 6.22. The summed E-state index contributed by atoms with van der Waals surface area (Å²) in [6.45, 7) is 4.38. The zero-order valence-corrected chi connectivity index (χ0v) is 12.3. The fourth-order valence-corrected chi connectivity index (χ4v) is 3.17. The molecular formula is C15H24N2O3. The van der Waals surface area contributed by atoms with E-state index in [9.17, 15) is 0 Å². The van der Waals surface area contributed by atoms with Crippen LogP contribution in [0.15, 0.2) is 4.52 Å². The van der Waals surface area contributed by atoms with Crippen LogP contribution < -0.4 is 0 Å². The van der Waals surface area contributed by atoms with E-state index in [0.29, 0.717) is 6.61 Å². The predicted octanol–water partition coefficient (Wildman–Crippen LogP) is 3.16. The van der Waals surface area contributed by atoms with E-state index in [1.165, 1.54) is 19.3 Å². The monoisotopic (exact) mass is 280 g/mol. The average molecular weight is 280 g/mol. The van der Waals surface area contributed by atoms with Crippen molar-refractivity contribution in [1.29, 1.82) is 0 Å². The average Bonchev–Trinajstić information content (AvgIpc) is 3.16. The first-order valence-corrected chi connectivity index (χ1v) is 7.90. The SMILES string of the molecule is CCCOC1(c2noc([C@H]3CCOC3)n2)CCCCC1. The van der Waals surface area contributed by atoms with E-state index in [-0.39, 0.29) is 11.5 Å². The van der Waals surface area contributed by atoms with Gasteiger partial charge in [0.25, 0.3) is 0 Å². The zero-order chi connectivity index (χ0) is 13.8. The van der Waals surface area contributed by atoms with Crippen LogP contribution in [-0.2, 0) is 15.1 Å².